The zero-order chi connectivity index (χ0) is 12.1. The zero-order valence-corrected chi connectivity index (χ0v) is 9.93. The number of hydrogen-bond acceptors (Lipinski definition) is 3. The summed E-state index contributed by atoms with van der Waals surface area (Å²) in [6.07, 6.45) is 4.89. The highest BCUT2D eigenvalue weighted by molar-refractivity contribution is 5.36. The number of benzene rings is 1. The lowest BCUT2D eigenvalue weighted by atomic mass is 9.86. The van der Waals surface area contributed by atoms with Crippen molar-refractivity contribution in [3.8, 4) is 11.8 Å². The minimum Gasteiger partial charge on any atom is -0.490 e. The molecule has 0 aromatic heterocycles. The van der Waals surface area contributed by atoms with Crippen LogP contribution in [0, 0.1) is 17.2 Å². The molecule has 2 atom stereocenters. The molecule has 90 valence electrons. The highest BCUT2D eigenvalue weighted by Gasteiger charge is 2.25. The fourth-order valence-electron chi connectivity index (χ4n) is 2.41. The summed E-state index contributed by atoms with van der Waals surface area (Å²) in [5.74, 6) is 1.24. The van der Waals surface area contributed by atoms with Gasteiger partial charge in [-0.1, -0.05) is 12.5 Å². The van der Waals surface area contributed by atoms with Crippen LogP contribution in [0.15, 0.2) is 24.3 Å². The van der Waals surface area contributed by atoms with Crippen molar-refractivity contribution in [3.05, 3.63) is 29.8 Å². The summed E-state index contributed by atoms with van der Waals surface area (Å²) in [5.41, 5.74) is 6.41. The van der Waals surface area contributed by atoms with Gasteiger partial charge in [-0.25, -0.2) is 0 Å². The fourth-order valence-corrected chi connectivity index (χ4v) is 2.41. The molecule has 0 radical (unpaired) electrons. The molecule has 1 saturated carbocycles. The van der Waals surface area contributed by atoms with Gasteiger partial charge in [-0.15, -0.1) is 0 Å². The van der Waals surface area contributed by atoms with Crippen molar-refractivity contribution >= 4 is 0 Å². The Morgan fingerprint density at radius 1 is 1.35 bits per heavy atom. The van der Waals surface area contributed by atoms with E-state index in [1.165, 1.54) is 12.8 Å². The van der Waals surface area contributed by atoms with Gasteiger partial charge >= 0.3 is 0 Å². The van der Waals surface area contributed by atoms with E-state index in [4.69, 9.17) is 15.7 Å². The normalized spacial score (nSPS) is 24.0. The zero-order valence-electron chi connectivity index (χ0n) is 9.93. The predicted molar refractivity (Wildman–Crippen MR) is 66.6 cm³/mol. The Bertz CT molecular complexity index is 411. The molecule has 2 rings (SSSR count). The largest absolute Gasteiger partial charge is 0.490 e. The Morgan fingerprint density at radius 3 is 2.94 bits per heavy atom. The predicted octanol–water partition coefficient (Wildman–Crippen LogP) is 2.45. The Labute approximate surface area is 102 Å². The van der Waals surface area contributed by atoms with Crippen molar-refractivity contribution in [2.75, 3.05) is 6.54 Å². The van der Waals surface area contributed by atoms with Crippen molar-refractivity contribution < 1.29 is 4.74 Å². The van der Waals surface area contributed by atoms with Gasteiger partial charge in [-0.05, 0) is 44.0 Å². The van der Waals surface area contributed by atoms with Crippen molar-refractivity contribution in [2.45, 2.75) is 31.8 Å². The van der Waals surface area contributed by atoms with Gasteiger partial charge in [0.25, 0.3) is 0 Å². The lowest BCUT2D eigenvalue weighted by molar-refractivity contribution is 0.0970. The van der Waals surface area contributed by atoms with Gasteiger partial charge in [0, 0.05) is 5.92 Å². The van der Waals surface area contributed by atoms with E-state index in [9.17, 15) is 0 Å². The third kappa shape index (κ3) is 2.98. The molecule has 0 bridgehead atoms. The molecule has 0 heterocycles. The van der Waals surface area contributed by atoms with E-state index >= 15 is 0 Å². The monoisotopic (exact) mass is 230 g/mol. The molecule has 3 heteroatoms. The van der Waals surface area contributed by atoms with Crippen LogP contribution in [-0.4, -0.2) is 12.6 Å². The van der Waals surface area contributed by atoms with Gasteiger partial charge in [0.05, 0.1) is 11.6 Å². The van der Waals surface area contributed by atoms with Crippen molar-refractivity contribution in [1.82, 2.24) is 0 Å². The van der Waals surface area contributed by atoms with Gasteiger partial charge in [0.1, 0.15) is 11.9 Å². The average Bonchev–Trinajstić information content (AvgIpc) is 2.39. The SMILES string of the molecule is N#Cc1cccc(OC2CCCCC2CN)c1. The molecule has 0 amide bonds. The van der Waals surface area contributed by atoms with Crippen LogP contribution < -0.4 is 10.5 Å². The van der Waals surface area contributed by atoms with Crippen LogP contribution in [0.3, 0.4) is 0 Å². The molecule has 0 saturated heterocycles. The number of ether oxygens (including phenoxy) is 1. The Morgan fingerprint density at radius 2 is 2.18 bits per heavy atom. The van der Waals surface area contributed by atoms with Gasteiger partial charge in [-0.3, -0.25) is 0 Å². The van der Waals surface area contributed by atoms with Crippen molar-refractivity contribution in [2.24, 2.45) is 11.7 Å². The number of nitrogens with two attached hydrogens (primary N) is 1. The molecule has 0 spiro atoms. The molecule has 2 N–H and O–H groups in total. The standard InChI is InChI=1S/C14H18N2O/c15-9-11-4-3-6-13(8-11)17-14-7-2-1-5-12(14)10-16/h3-4,6,8,12,14H,1-2,5,7,10,16H2. The lowest BCUT2D eigenvalue weighted by Crippen LogP contribution is -2.35. The Kier molecular flexibility index (Phi) is 4.00. The first-order chi connectivity index (χ1) is 8.33. The van der Waals surface area contributed by atoms with Gasteiger partial charge in [0.15, 0.2) is 0 Å². The molecular formula is C14H18N2O. The molecule has 2 unspecified atom stereocenters. The molecule has 3 nitrogen and oxygen atoms in total. The first-order valence-electron chi connectivity index (χ1n) is 6.20. The fraction of sp³-hybridized carbons (Fsp3) is 0.500. The van der Waals surface area contributed by atoms with Gasteiger partial charge in [0.2, 0.25) is 0 Å². The van der Waals surface area contributed by atoms with E-state index in [-0.39, 0.29) is 6.10 Å². The van der Waals surface area contributed by atoms with Crippen LogP contribution in [0.25, 0.3) is 0 Å². The maximum absolute atomic E-state index is 8.84. The van der Waals surface area contributed by atoms with E-state index in [1.807, 2.05) is 12.1 Å². The number of rotatable bonds is 3. The molecule has 1 aliphatic rings. The summed E-state index contributed by atoms with van der Waals surface area (Å²) in [6.45, 7) is 0.683. The van der Waals surface area contributed by atoms with E-state index in [2.05, 4.69) is 6.07 Å². The summed E-state index contributed by atoms with van der Waals surface area (Å²) < 4.78 is 5.97. The third-order valence-electron chi connectivity index (χ3n) is 3.39. The second kappa shape index (κ2) is 5.70. The summed E-state index contributed by atoms with van der Waals surface area (Å²) >= 11 is 0. The highest BCUT2D eigenvalue weighted by atomic mass is 16.5. The quantitative estimate of drug-likeness (QED) is 0.867. The maximum Gasteiger partial charge on any atom is 0.121 e. The van der Waals surface area contributed by atoms with Crippen LogP contribution in [0.4, 0.5) is 0 Å². The van der Waals surface area contributed by atoms with Gasteiger partial charge < -0.3 is 10.5 Å². The molecule has 1 fully saturated rings. The Hall–Kier alpha value is -1.53. The van der Waals surface area contributed by atoms with Crippen LogP contribution in [0.2, 0.25) is 0 Å². The van der Waals surface area contributed by atoms with Crippen LogP contribution in [-0.2, 0) is 0 Å². The van der Waals surface area contributed by atoms with Crippen molar-refractivity contribution in [1.29, 1.82) is 5.26 Å². The molecular weight excluding hydrogens is 212 g/mol. The summed E-state index contributed by atoms with van der Waals surface area (Å²) in [5, 5.41) is 8.84. The van der Waals surface area contributed by atoms with E-state index in [1.54, 1.807) is 12.1 Å². The molecule has 1 aromatic carbocycles. The smallest absolute Gasteiger partial charge is 0.121 e. The third-order valence-corrected chi connectivity index (χ3v) is 3.39. The number of hydrogen-bond donors (Lipinski definition) is 1. The number of nitrogens with zero attached hydrogens (tertiary/aromatic N) is 1. The Balaban J connectivity index is 2.06. The number of nitriles is 1. The average molecular weight is 230 g/mol. The molecule has 1 aromatic rings. The molecule has 17 heavy (non-hydrogen) atoms. The minimum atomic E-state index is 0.211. The molecule has 0 aliphatic heterocycles. The van der Waals surface area contributed by atoms with E-state index in [0.29, 0.717) is 18.0 Å². The first-order valence-corrected chi connectivity index (χ1v) is 6.20. The first kappa shape index (κ1) is 11.9. The summed E-state index contributed by atoms with van der Waals surface area (Å²) in [7, 11) is 0. The summed E-state index contributed by atoms with van der Waals surface area (Å²) in [6, 6.07) is 9.47. The van der Waals surface area contributed by atoms with E-state index < -0.39 is 0 Å². The maximum atomic E-state index is 8.84. The van der Waals surface area contributed by atoms with Crippen LogP contribution >= 0.6 is 0 Å². The highest BCUT2D eigenvalue weighted by Crippen LogP contribution is 2.28. The van der Waals surface area contributed by atoms with E-state index in [0.717, 1.165) is 18.6 Å². The van der Waals surface area contributed by atoms with Crippen LogP contribution in [0.5, 0.6) is 5.75 Å². The lowest BCUT2D eigenvalue weighted by Gasteiger charge is -2.31. The van der Waals surface area contributed by atoms with Gasteiger partial charge in [-0.2, -0.15) is 5.26 Å². The minimum absolute atomic E-state index is 0.211. The summed E-state index contributed by atoms with van der Waals surface area (Å²) in [4.78, 5) is 0. The second-order valence-corrected chi connectivity index (χ2v) is 4.58. The second-order valence-electron chi connectivity index (χ2n) is 4.58. The van der Waals surface area contributed by atoms with Crippen LogP contribution in [0.1, 0.15) is 31.2 Å². The molecule has 1 aliphatic carbocycles. The topological polar surface area (TPSA) is 59.0 Å². The van der Waals surface area contributed by atoms with Crippen molar-refractivity contribution in [3.63, 3.8) is 0 Å².